The summed E-state index contributed by atoms with van der Waals surface area (Å²) in [4.78, 5) is 5.65. The highest BCUT2D eigenvalue weighted by atomic mass is 35.5. The van der Waals surface area contributed by atoms with Crippen LogP contribution in [-0.2, 0) is 19.5 Å². The van der Waals surface area contributed by atoms with Crippen molar-refractivity contribution < 1.29 is 0 Å². The average molecular weight is 267 g/mol. The van der Waals surface area contributed by atoms with E-state index in [-0.39, 0.29) is 0 Å². The monoisotopic (exact) mass is 266 g/mol. The zero-order valence-corrected chi connectivity index (χ0v) is 11.3. The van der Waals surface area contributed by atoms with Crippen molar-refractivity contribution >= 4 is 22.9 Å². The molecule has 0 aliphatic carbocycles. The zero-order valence-electron chi connectivity index (χ0n) is 9.74. The number of nitrogens with one attached hydrogen (secondary N) is 1. The summed E-state index contributed by atoms with van der Waals surface area (Å²) in [6, 6.07) is 8.11. The predicted octanol–water partition coefficient (Wildman–Crippen LogP) is 3.65. The number of aromatic nitrogens is 1. The van der Waals surface area contributed by atoms with Crippen molar-refractivity contribution in [2.24, 2.45) is 0 Å². The van der Waals surface area contributed by atoms with Crippen LogP contribution in [0.2, 0.25) is 4.34 Å². The van der Waals surface area contributed by atoms with E-state index < -0.39 is 0 Å². The first-order valence-electron chi connectivity index (χ1n) is 5.67. The normalized spacial score (nSPS) is 10.7. The molecule has 2 heterocycles. The summed E-state index contributed by atoms with van der Waals surface area (Å²) in [5.74, 6) is 0. The number of hydrogen-bond donors (Lipinski definition) is 1. The van der Waals surface area contributed by atoms with Crippen molar-refractivity contribution in [3.63, 3.8) is 0 Å². The Hall–Kier alpha value is -0.900. The molecular weight excluding hydrogens is 252 g/mol. The molecule has 0 radical (unpaired) electrons. The minimum absolute atomic E-state index is 0.805. The standard InChI is InChI=1S/C13H15ClN2S/c1-2-10-4-3-7-16-12(10)9-15-8-11-5-6-13(14)17-11/h3-7,15H,2,8-9H2,1H3. The van der Waals surface area contributed by atoms with E-state index in [1.807, 2.05) is 18.3 Å². The molecule has 0 saturated heterocycles. The highest BCUT2D eigenvalue weighted by Crippen LogP contribution is 2.21. The average Bonchev–Trinajstić information content (AvgIpc) is 2.76. The molecule has 0 unspecified atom stereocenters. The van der Waals surface area contributed by atoms with E-state index in [4.69, 9.17) is 11.6 Å². The van der Waals surface area contributed by atoms with Crippen LogP contribution in [0.25, 0.3) is 0 Å². The predicted molar refractivity (Wildman–Crippen MR) is 73.5 cm³/mol. The van der Waals surface area contributed by atoms with E-state index >= 15 is 0 Å². The molecule has 0 bridgehead atoms. The van der Waals surface area contributed by atoms with E-state index in [1.54, 1.807) is 11.3 Å². The Bertz CT molecular complexity index is 482. The lowest BCUT2D eigenvalue weighted by molar-refractivity contribution is 0.680. The number of thiophene rings is 1. The van der Waals surface area contributed by atoms with Gasteiger partial charge in [0.05, 0.1) is 10.0 Å². The van der Waals surface area contributed by atoms with Gasteiger partial charge in [-0.15, -0.1) is 11.3 Å². The second kappa shape index (κ2) is 6.15. The van der Waals surface area contributed by atoms with E-state index in [9.17, 15) is 0 Å². The molecule has 0 saturated carbocycles. The summed E-state index contributed by atoms with van der Waals surface area (Å²) >= 11 is 7.50. The van der Waals surface area contributed by atoms with Crippen LogP contribution in [0.1, 0.15) is 23.1 Å². The molecule has 4 heteroatoms. The minimum Gasteiger partial charge on any atom is -0.306 e. The summed E-state index contributed by atoms with van der Waals surface area (Å²) in [5, 5.41) is 3.40. The van der Waals surface area contributed by atoms with Crippen LogP contribution in [0.3, 0.4) is 0 Å². The Kier molecular flexibility index (Phi) is 4.54. The molecule has 90 valence electrons. The number of aryl methyl sites for hydroxylation is 1. The van der Waals surface area contributed by atoms with Crippen molar-refractivity contribution in [3.05, 3.63) is 50.9 Å². The van der Waals surface area contributed by atoms with Crippen molar-refractivity contribution in [3.8, 4) is 0 Å². The molecule has 2 nitrogen and oxygen atoms in total. The molecule has 0 aliphatic heterocycles. The second-order valence-electron chi connectivity index (χ2n) is 3.77. The molecule has 2 aromatic heterocycles. The van der Waals surface area contributed by atoms with Gasteiger partial charge in [-0.3, -0.25) is 4.98 Å². The lowest BCUT2D eigenvalue weighted by atomic mass is 10.1. The zero-order chi connectivity index (χ0) is 12.1. The topological polar surface area (TPSA) is 24.9 Å². The van der Waals surface area contributed by atoms with Crippen LogP contribution in [0, 0.1) is 0 Å². The molecule has 0 aliphatic rings. The molecule has 0 atom stereocenters. The molecule has 2 rings (SSSR count). The summed E-state index contributed by atoms with van der Waals surface area (Å²) in [7, 11) is 0. The lowest BCUT2D eigenvalue weighted by Crippen LogP contribution is -2.14. The molecule has 0 amide bonds. The SMILES string of the molecule is CCc1cccnc1CNCc1ccc(Cl)s1. The number of nitrogens with zero attached hydrogens (tertiary/aromatic N) is 1. The molecule has 0 spiro atoms. The molecule has 0 fully saturated rings. The van der Waals surface area contributed by atoms with E-state index in [0.29, 0.717) is 0 Å². The molecule has 0 aromatic carbocycles. The van der Waals surface area contributed by atoms with Gasteiger partial charge in [0.15, 0.2) is 0 Å². The molecule has 17 heavy (non-hydrogen) atoms. The minimum atomic E-state index is 0.805. The Morgan fingerprint density at radius 1 is 1.29 bits per heavy atom. The van der Waals surface area contributed by atoms with Crippen molar-refractivity contribution in [1.29, 1.82) is 0 Å². The smallest absolute Gasteiger partial charge is 0.0931 e. The van der Waals surface area contributed by atoms with Gasteiger partial charge in [-0.1, -0.05) is 24.6 Å². The summed E-state index contributed by atoms with van der Waals surface area (Å²) in [6.45, 7) is 3.80. The van der Waals surface area contributed by atoms with Gasteiger partial charge in [-0.2, -0.15) is 0 Å². The van der Waals surface area contributed by atoms with Crippen LogP contribution in [0.15, 0.2) is 30.5 Å². The van der Waals surface area contributed by atoms with Gasteiger partial charge in [-0.25, -0.2) is 0 Å². The Morgan fingerprint density at radius 2 is 2.18 bits per heavy atom. The number of hydrogen-bond acceptors (Lipinski definition) is 3. The Balaban J connectivity index is 1.89. The molecular formula is C13H15ClN2S. The maximum Gasteiger partial charge on any atom is 0.0931 e. The van der Waals surface area contributed by atoms with Crippen molar-refractivity contribution in [1.82, 2.24) is 10.3 Å². The third kappa shape index (κ3) is 3.53. The van der Waals surface area contributed by atoms with Gasteiger partial charge in [0, 0.05) is 24.2 Å². The van der Waals surface area contributed by atoms with Crippen LogP contribution in [-0.4, -0.2) is 4.98 Å². The van der Waals surface area contributed by atoms with Gasteiger partial charge in [0.25, 0.3) is 0 Å². The number of halogens is 1. The first kappa shape index (κ1) is 12.6. The van der Waals surface area contributed by atoms with Crippen LogP contribution >= 0.6 is 22.9 Å². The molecule has 2 aromatic rings. The van der Waals surface area contributed by atoms with Crippen LogP contribution in [0.5, 0.6) is 0 Å². The fourth-order valence-electron chi connectivity index (χ4n) is 1.70. The van der Waals surface area contributed by atoms with Crippen molar-refractivity contribution in [2.45, 2.75) is 26.4 Å². The van der Waals surface area contributed by atoms with E-state index in [0.717, 1.165) is 29.5 Å². The quantitative estimate of drug-likeness (QED) is 0.894. The third-order valence-electron chi connectivity index (χ3n) is 2.59. The second-order valence-corrected chi connectivity index (χ2v) is 5.57. The first-order valence-corrected chi connectivity index (χ1v) is 6.86. The first-order chi connectivity index (χ1) is 8.29. The Morgan fingerprint density at radius 3 is 2.88 bits per heavy atom. The maximum absolute atomic E-state index is 5.88. The largest absolute Gasteiger partial charge is 0.306 e. The summed E-state index contributed by atoms with van der Waals surface area (Å²) in [5.41, 5.74) is 2.45. The Labute approximate surface area is 111 Å². The van der Waals surface area contributed by atoms with Gasteiger partial charge < -0.3 is 5.32 Å². The van der Waals surface area contributed by atoms with Gasteiger partial charge in [0.2, 0.25) is 0 Å². The summed E-state index contributed by atoms with van der Waals surface area (Å²) < 4.78 is 0.842. The fraction of sp³-hybridized carbons (Fsp3) is 0.308. The number of pyridine rings is 1. The maximum atomic E-state index is 5.88. The fourth-order valence-corrected chi connectivity index (χ4v) is 2.76. The van der Waals surface area contributed by atoms with E-state index in [2.05, 4.69) is 29.4 Å². The van der Waals surface area contributed by atoms with Crippen LogP contribution in [0.4, 0.5) is 0 Å². The lowest BCUT2D eigenvalue weighted by Gasteiger charge is -2.07. The van der Waals surface area contributed by atoms with Gasteiger partial charge in [-0.05, 0) is 30.2 Å². The highest BCUT2D eigenvalue weighted by Gasteiger charge is 2.02. The van der Waals surface area contributed by atoms with E-state index in [1.165, 1.54) is 10.4 Å². The van der Waals surface area contributed by atoms with Gasteiger partial charge >= 0.3 is 0 Å². The summed E-state index contributed by atoms with van der Waals surface area (Å²) in [6.07, 6.45) is 2.87. The van der Waals surface area contributed by atoms with Crippen LogP contribution < -0.4 is 5.32 Å². The van der Waals surface area contributed by atoms with Crippen molar-refractivity contribution in [2.75, 3.05) is 0 Å². The highest BCUT2D eigenvalue weighted by molar-refractivity contribution is 7.16. The third-order valence-corrected chi connectivity index (χ3v) is 3.82. The number of rotatable bonds is 5. The van der Waals surface area contributed by atoms with Gasteiger partial charge in [0.1, 0.15) is 0 Å². The molecule has 1 N–H and O–H groups in total.